The third-order valence-electron chi connectivity index (χ3n) is 2.42. The summed E-state index contributed by atoms with van der Waals surface area (Å²) in [7, 11) is 0. The number of para-hydroxylation sites is 1. The standard InChI is InChI=1S/C13H15N3O2/c1-8(2)18-13-10(12(14)16-17)7-9-5-3-4-6-11(9)15-13/h3-8,17H,1-2H3,(H2,14,16). The molecule has 0 atom stereocenters. The maximum atomic E-state index is 8.80. The molecule has 1 aromatic carbocycles. The lowest BCUT2D eigenvalue weighted by molar-refractivity contribution is 0.232. The summed E-state index contributed by atoms with van der Waals surface area (Å²) in [5.74, 6) is 0.364. The summed E-state index contributed by atoms with van der Waals surface area (Å²) in [6.45, 7) is 3.79. The van der Waals surface area contributed by atoms with Gasteiger partial charge in [-0.2, -0.15) is 0 Å². The molecule has 3 N–H and O–H groups in total. The normalized spacial score (nSPS) is 12.1. The number of hydrogen-bond acceptors (Lipinski definition) is 4. The molecule has 0 saturated heterocycles. The third kappa shape index (κ3) is 2.34. The van der Waals surface area contributed by atoms with Gasteiger partial charge in [0.15, 0.2) is 5.84 Å². The monoisotopic (exact) mass is 245 g/mol. The lowest BCUT2D eigenvalue weighted by Crippen LogP contribution is -2.18. The predicted molar refractivity (Wildman–Crippen MR) is 70.0 cm³/mol. The average molecular weight is 245 g/mol. The van der Waals surface area contributed by atoms with Gasteiger partial charge >= 0.3 is 0 Å². The number of pyridine rings is 1. The average Bonchev–Trinajstić information content (AvgIpc) is 2.36. The number of nitrogens with two attached hydrogens (primary N) is 1. The molecule has 0 amide bonds. The number of oxime groups is 1. The summed E-state index contributed by atoms with van der Waals surface area (Å²) >= 11 is 0. The van der Waals surface area contributed by atoms with Crippen LogP contribution in [0.2, 0.25) is 0 Å². The summed E-state index contributed by atoms with van der Waals surface area (Å²) in [6.07, 6.45) is -0.0381. The Bertz CT molecular complexity index is 594. The van der Waals surface area contributed by atoms with Crippen LogP contribution in [-0.2, 0) is 0 Å². The van der Waals surface area contributed by atoms with Crippen LogP contribution in [0.1, 0.15) is 19.4 Å². The quantitative estimate of drug-likeness (QED) is 0.375. The van der Waals surface area contributed by atoms with Crippen molar-refractivity contribution in [2.75, 3.05) is 0 Å². The van der Waals surface area contributed by atoms with Gasteiger partial charge < -0.3 is 15.7 Å². The number of ether oxygens (including phenoxy) is 1. The summed E-state index contributed by atoms with van der Waals surface area (Å²) < 4.78 is 5.59. The highest BCUT2D eigenvalue weighted by Crippen LogP contribution is 2.23. The number of benzene rings is 1. The lowest BCUT2D eigenvalue weighted by atomic mass is 10.1. The van der Waals surface area contributed by atoms with E-state index < -0.39 is 0 Å². The van der Waals surface area contributed by atoms with Crippen LogP contribution in [0.25, 0.3) is 10.9 Å². The lowest BCUT2D eigenvalue weighted by Gasteiger charge is -2.13. The fourth-order valence-corrected chi connectivity index (χ4v) is 1.65. The van der Waals surface area contributed by atoms with Crippen LogP contribution in [-0.4, -0.2) is 22.1 Å². The molecule has 5 heteroatoms. The van der Waals surface area contributed by atoms with Crippen molar-refractivity contribution in [2.24, 2.45) is 10.9 Å². The molecular weight excluding hydrogens is 230 g/mol. The number of hydrogen-bond donors (Lipinski definition) is 2. The van der Waals surface area contributed by atoms with E-state index in [0.29, 0.717) is 11.4 Å². The van der Waals surface area contributed by atoms with Crippen LogP contribution in [0.3, 0.4) is 0 Å². The first-order valence-corrected chi connectivity index (χ1v) is 5.66. The first-order chi connectivity index (χ1) is 8.61. The van der Waals surface area contributed by atoms with Crippen molar-refractivity contribution in [3.05, 3.63) is 35.9 Å². The second kappa shape index (κ2) is 4.91. The van der Waals surface area contributed by atoms with E-state index in [-0.39, 0.29) is 11.9 Å². The van der Waals surface area contributed by atoms with Gasteiger partial charge in [0.05, 0.1) is 17.2 Å². The van der Waals surface area contributed by atoms with E-state index in [1.54, 1.807) is 6.07 Å². The van der Waals surface area contributed by atoms with Crippen LogP contribution >= 0.6 is 0 Å². The van der Waals surface area contributed by atoms with Gasteiger partial charge in [0, 0.05) is 5.39 Å². The molecule has 0 bridgehead atoms. The molecule has 5 nitrogen and oxygen atoms in total. The van der Waals surface area contributed by atoms with E-state index in [1.807, 2.05) is 38.1 Å². The molecule has 0 fully saturated rings. The fraction of sp³-hybridized carbons (Fsp3) is 0.231. The molecule has 94 valence electrons. The van der Waals surface area contributed by atoms with Crippen molar-refractivity contribution < 1.29 is 9.94 Å². The van der Waals surface area contributed by atoms with Crippen molar-refractivity contribution in [1.29, 1.82) is 0 Å². The molecule has 0 aliphatic rings. The number of fused-ring (bicyclic) bond motifs is 1. The van der Waals surface area contributed by atoms with Gasteiger partial charge in [-0.15, -0.1) is 0 Å². The van der Waals surface area contributed by atoms with Crippen molar-refractivity contribution in [3.8, 4) is 5.88 Å². The number of amidine groups is 1. The molecule has 0 aliphatic heterocycles. The third-order valence-corrected chi connectivity index (χ3v) is 2.42. The molecule has 0 spiro atoms. The smallest absolute Gasteiger partial charge is 0.225 e. The zero-order valence-corrected chi connectivity index (χ0v) is 10.3. The minimum Gasteiger partial charge on any atom is -0.474 e. The summed E-state index contributed by atoms with van der Waals surface area (Å²) in [5, 5.41) is 12.7. The molecule has 0 unspecified atom stereocenters. The van der Waals surface area contributed by atoms with Gasteiger partial charge in [-0.25, -0.2) is 4.98 Å². The zero-order chi connectivity index (χ0) is 13.1. The first kappa shape index (κ1) is 12.2. The number of aromatic nitrogens is 1. The van der Waals surface area contributed by atoms with E-state index in [4.69, 9.17) is 15.7 Å². The Morgan fingerprint density at radius 3 is 2.78 bits per heavy atom. The second-order valence-electron chi connectivity index (χ2n) is 4.19. The van der Waals surface area contributed by atoms with E-state index in [1.165, 1.54) is 0 Å². The second-order valence-corrected chi connectivity index (χ2v) is 4.19. The Labute approximate surface area is 105 Å². The summed E-state index contributed by atoms with van der Waals surface area (Å²) in [6, 6.07) is 9.41. The number of rotatable bonds is 3. The molecule has 1 aromatic heterocycles. The van der Waals surface area contributed by atoms with Crippen LogP contribution in [0.4, 0.5) is 0 Å². The highest BCUT2D eigenvalue weighted by atomic mass is 16.5. The van der Waals surface area contributed by atoms with Gasteiger partial charge in [0.1, 0.15) is 0 Å². The van der Waals surface area contributed by atoms with Crippen LogP contribution in [0.15, 0.2) is 35.5 Å². The van der Waals surface area contributed by atoms with Crippen molar-refractivity contribution in [1.82, 2.24) is 4.98 Å². The topological polar surface area (TPSA) is 80.7 Å². The Hall–Kier alpha value is -2.30. The zero-order valence-electron chi connectivity index (χ0n) is 10.3. The van der Waals surface area contributed by atoms with E-state index in [2.05, 4.69) is 10.1 Å². The molecular formula is C13H15N3O2. The maximum Gasteiger partial charge on any atom is 0.225 e. The van der Waals surface area contributed by atoms with E-state index in [0.717, 1.165) is 10.9 Å². The van der Waals surface area contributed by atoms with Gasteiger partial charge in [0.25, 0.3) is 0 Å². The van der Waals surface area contributed by atoms with Crippen LogP contribution in [0.5, 0.6) is 5.88 Å². The van der Waals surface area contributed by atoms with Gasteiger partial charge in [-0.05, 0) is 26.0 Å². The van der Waals surface area contributed by atoms with Crippen molar-refractivity contribution in [2.45, 2.75) is 20.0 Å². The first-order valence-electron chi connectivity index (χ1n) is 5.66. The molecule has 0 saturated carbocycles. The largest absolute Gasteiger partial charge is 0.474 e. The fourth-order valence-electron chi connectivity index (χ4n) is 1.65. The minimum atomic E-state index is -0.0381. The van der Waals surface area contributed by atoms with Crippen molar-refractivity contribution in [3.63, 3.8) is 0 Å². The maximum absolute atomic E-state index is 8.80. The van der Waals surface area contributed by atoms with Gasteiger partial charge in [-0.1, -0.05) is 23.4 Å². The SMILES string of the molecule is CC(C)Oc1nc2ccccc2cc1C(N)=NO. The minimum absolute atomic E-state index is 0.0103. The Balaban J connectivity index is 2.63. The molecule has 1 heterocycles. The Morgan fingerprint density at radius 1 is 1.39 bits per heavy atom. The molecule has 2 aromatic rings. The Kier molecular flexibility index (Phi) is 3.32. The highest BCUT2D eigenvalue weighted by molar-refractivity contribution is 6.02. The van der Waals surface area contributed by atoms with E-state index >= 15 is 0 Å². The van der Waals surface area contributed by atoms with Gasteiger partial charge in [-0.3, -0.25) is 0 Å². The van der Waals surface area contributed by atoms with Crippen LogP contribution < -0.4 is 10.5 Å². The summed E-state index contributed by atoms with van der Waals surface area (Å²) in [4.78, 5) is 4.39. The highest BCUT2D eigenvalue weighted by Gasteiger charge is 2.13. The molecule has 18 heavy (non-hydrogen) atoms. The predicted octanol–water partition coefficient (Wildman–Crippen LogP) is 2.12. The summed E-state index contributed by atoms with van der Waals surface area (Å²) in [5.41, 5.74) is 6.94. The van der Waals surface area contributed by atoms with Crippen molar-refractivity contribution >= 4 is 16.7 Å². The molecule has 0 aliphatic carbocycles. The molecule has 2 rings (SSSR count). The molecule has 0 radical (unpaired) electrons. The van der Waals surface area contributed by atoms with Gasteiger partial charge in [0.2, 0.25) is 5.88 Å². The van der Waals surface area contributed by atoms with Crippen LogP contribution in [0, 0.1) is 0 Å². The van der Waals surface area contributed by atoms with E-state index in [9.17, 15) is 0 Å². The number of nitrogens with zero attached hydrogens (tertiary/aromatic N) is 2. The Morgan fingerprint density at radius 2 is 2.11 bits per heavy atom.